The van der Waals surface area contributed by atoms with Crippen molar-refractivity contribution in [2.45, 2.75) is 18.9 Å². The van der Waals surface area contributed by atoms with Crippen LogP contribution in [0.5, 0.6) is 0 Å². The molecule has 1 unspecified atom stereocenters. The van der Waals surface area contributed by atoms with Gasteiger partial charge in [0, 0.05) is 6.08 Å². The lowest BCUT2D eigenvalue weighted by Gasteiger charge is -2.19. The second kappa shape index (κ2) is 6.77. The van der Waals surface area contributed by atoms with E-state index in [-0.39, 0.29) is 6.61 Å². The summed E-state index contributed by atoms with van der Waals surface area (Å²) in [5.74, 6) is -3.15. The molecular weight excluding hydrogens is 232 g/mol. The number of hydrogen-bond acceptors (Lipinski definition) is 7. The van der Waals surface area contributed by atoms with E-state index >= 15 is 0 Å². The number of esters is 3. The molecule has 0 aromatic carbocycles. The monoisotopic (exact) mass is 246 g/mol. The highest BCUT2D eigenvalue weighted by molar-refractivity contribution is 5.94. The molecule has 0 spiro atoms. The van der Waals surface area contributed by atoms with Gasteiger partial charge in [0.2, 0.25) is 0 Å². The van der Waals surface area contributed by atoms with Crippen LogP contribution >= 0.6 is 0 Å². The van der Waals surface area contributed by atoms with Gasteiger partial charge in [-0.1, -0.05) is 6.58 Å². The van der Waals surface area contributed by atoms with E-state index in [9.17, 15) is 19.5 Å². The molecule has 0 aliphatic heterocycles. The molecule has 7 nitrogen and oxygen atoms in total. The highest BCUT2D eigenvalue weighted by Crippen LogP contribution is 2.12. The third-order valence-corrected chi connectivity index (χ3v) is 1.63. The fraction of sp³-hybridized carbons (Fsp3) is 0.500. The largest absolute Gasteiger partial charge is 0.461 e. The van der Waals surface area contributed by atoms with Gasteiger partial charge in [0.25, 0.3) is 0 Å². The van der Waals surface area contributed by atoms with Gasteiger partial charge in [-0.05, 0) is 6.92 Å². The van der Waals surface area contributed by atoms with Crippen LogP contribution in [0.3, 0.4) is 0 Å². The van der Waals surface area contributed by atoms with E-state index in [1.807, 2.05) is 0 Å². The van der Waals surface area contributed by atoms with Crippen LogP contribution in [0, 0.1) is 0 Å². The van der Waals surface area contributed by atoms with E-state index in [2.05, 4.69) is 16.1 Å². The van der Waals surface area contributed by atoms with Crippen LogP contribution in [-0.2, 0) is 23.9 Å². The predicted octanol–water partition coefficient (Wildman–Crippen LogP) is -1.08. The van der Waals surface area contributed by atoms with Crippen LogP contribution in [-0.4, -0.2) is 46.9 Å². The number of rotatable bonds is 6. The number of aliphatic hydroxyl groups is 2. The van der Waals surface area contributed by atoms with Gasteiger partial charge in [0.15, 0.2) is 5.60 Å². The van der Waals surface area contributed by atoms with E-state index in [0.717, 1.165) is 13.0 Å². The topological polar surface area (TPSA) is 110 Å². The molecule has 17 heavy (non-hydrogen) atoms. The van der Waals surface area contributed by atoms with E-state index in [0.29, 0.717) is 0 Å². The SMILES string of the molecule is C=CC(=O)OC(=O)CC(C)(O)C(=O)OCCO. The molecule has 0 aliphatic rings. The Balaban J connectivity index is 4.32. The third kappa shape index (κ3) is 5.79. The number of aliphatic hydroxyl groups excluding tert-OH is 1. The Hall–Kier alpha value is -1.73. The first-order chi connectivity index (χ1) is 7.83. The summed E-state index contributed by atoms with van der Waals surface area (Å²) in [7, 11) is 0. The molecular formula is C10H14O7. The van der Waals surface area contributed by atoms with Gasteiger partial charge in [-0.2, -0.15) is 0 Å². The average molecular weight is 246 g/mol. The van der Waals surface area contributed by atoms with Crippen LogP contribution in [0.4, 0.5) is 0 Å². The zero-order valence-electron chi connectivity index (χ0n) is 9.34. The highest BCUT2D eigenvalue weighted by atomic mass is 16.6. The van der Waals surface area contributed by atoms with Gasteiger partial charge in [0.05, 0.1) is 13.0 Å². The molecule has 1 atom stereocenters. The first kappa shape index (κ1) is 15.3. The van der Waals surface area contributed by atoms with Gasteiger partial charge in [0.1, 0.15) is 6.61 Å². The van der Waals surface area contributed by atoms with Crippen LogP contribution in [0.2, 0.25) is 0 Å². The Labute approximate surface area is 97.6 Å². The Kier molecular flexibility index (Phi) is 6.08. The second-order valence-electron chi connectivity index (χ2n) is 3.31. The number of ether oxygens (including phenoxy) is 2. The molecule has 0 fully saturated rings. The first-order valence-corrected chi connectivity index (χ1v) is 4.71. The zero-order valence-corrected chi connectivity index (χ0v) is 9.34. The summed E-state index contributed by atoms with van der Waals surface area (Å²) in [4.78, 5) is 33.0. The molecule has 0 aromatic rings. The van der Waals surface area contributed by atoms with Crippen molar-refractivity contribution in [3.05, 3.63) is 12.7 Å². The van der Waals surface area contributed by atoms with Crippen LogP contribution in [0.25, 0.3) is 0 Å². The summed E-state index contributed by atoms with van der Waals surface area (Å²) in [5.41, 5.74) is -2.12. The van der Waals surface area contributed by atoms with Gasteiger partial charge in [-0.25, -0.2) is 9.59 Å². The molecule has 0 rings (SSSR count). The fourth-order valence-electron chi connectivity index (χ4n) is 0.837. The van der Waals surface area contributed by atoms with Crippen LogP contribution in [0.1, 0.15) is 13.3 Å². The van der Waals surface area contributed by atoms with Crippen molar-refractivity contribution in [2.75, 3.05) is 13.2 Å². The molecule has 0 heterocycles. The maximum absolute atomic E-state index is 11.2. The molecule has 0 saturated heterocycles. The lowest BCUT2D eigenvalue weighted by molar-refractivity contribution is -0.173. The normalized spacial score (nSPS) is 13.4. The van der Waals surface area contributed by atoms with Gasteiger partial charge < -0.3 is 19.7 Å². The Morgan fingerprint density at radius 2 is 2.00 bits per heavy atom. The van der Waals surface area contributed by atoms with Gasteiger partial charge in [-0.3, -0.25) is 4.79 Å². The standard InChI is InChI=1S/C10H14O7/c1-3-7(12)17-8(13)6-10(2,15)9(14)16-5-4-11/h3,11,15H,1,4-6H2,2H3. The minimum Gasteiger partial charge on any atom is -0.461 e. The zero-order chi connectivity index (χ0) is 13.5. The minimum absolute atomic E-state index is 0.296. The third-order valence-electron chi connectivity index (χ3n) is 1.63. The Morgan fingerprint density at radius 1 is 1.41 bits per heavy atom. The van der Waals surface area contributed by atoms with Crippen molar-refractivity contribution in [1.29, 1.82) is 0 Å². The minimum atomic E-state index is -2.12. The highest BCUT2D eigenvalue weighted by Gasteiger charge is 2.35. The molecule has 2 N–H and O–H groups in total. The van der Waals surface area contributed by atoms with E-state index in [4.69, 9.17) is 5.11 Å². The summed E-state index contributed by atoms with van der Waals surface area (Å²) in [5, 5.41) is 18.0. The van der Waals surface area contributed by atoms with Crippen molar-refractivity contribution in [3.63, 3.8) is 0 Å². The lowest BCUT2D eigenvalue weighted by atomic mass is 10.0. The smallest absolute Gasteiger partial charge is 0.338 e. The molecule has 0 saturated carbocycles. The quantitative estimate of drug-likeness (QED) is 0.348. The Bertz CT molecular complexity index is 319. The van der Waals surface area contributed by atoms with Crippen LogP contribution in [0.15, 0.2) is 12.7 Å². The summed E-state index contributed by atoms with van der Waals surface area (Å²) < 4.78 is 8.61. The number of hydrogen-bond donors (Lipinski definition) is 2. The molecule has 0 aromatic heterocycles. The second-order valence-corrected chi connectivity index (χ2v) is 3.31. The summed E-state index contributed by atoms with van der Waals surface area (Å²) in [6.07, 6.45) is 0.0353. The Morgan fingerprint density at radius 3 is 2.47 bits per heavy atom. The van der Waals surface area contributed by atoms with Gasteiger partial charge >= 0.3 is 17.9 Å². The van der Waals surface area contributed by atoms with Crippen molar-refractivity contribution < 1.29 is 34.1 Å². The molecule has 0 aliphatic carbocycles. The maximum atomic E-state index is 11.2. The fourth-order valence-corrected chi connectivity index (χ4v) is 0.837. The maximum Gasteiger partial charge on any atom is 0.338 e. The van der Waals surface area contributed by atoms with E-state index in [1.54, 1.807) is 0 Å². The van der Waals surface area contributed by atoms with Crippen LogP contribution < -0.4 is 0 Å². The van der Waals surface area contributed by atoms with Crippen molar-refractivity contribution in [1.82, 2.24) is 0 Å². The first-order valence-electron chi connectivity index (χ1n) is 4.71. The number of carbonyl (C=O) groups excluding carboxylic acids is 3. The van der Waals surface area contributed by atoms with Crippen molar-refractivity contribution in [2.24, 2.45) is 0 Å². The summed E-state index contributed by atoms with van der Waals surface area (Å²) in [6, 6.07) is 0. The van der Waals surface area contributed by atoms with Gasteiger partial charge in [-0.15, -0.1) is 0 Å². The molecule has 0 amide bonds. The van der Waals surface area contributed by atoms with Crippen molar-refractivity contribution >= 4 is 17.9 Å². The molecule has 96 valence electrons. The predicted molar refractivity (Wildman–Crippen MR) is 54.6 cm³/mol. The molecule has 0 radical (unpaired) electrons. The summed E-state index contributed by atoms with van der Waals surface area (Å²) >= 11 is 0. The van der Waals surface area contributed by atoms with E-state index < -0.39 is 36.5 Å². The van der Waals surface area contributed by atoms with Crippen molar-refractivity contribution in [3.8, 4) is 0 Å². The van der Waals surface area contributed by atoms with E-state index in [1.165, 1.54) is 0 Å². The molecule has 7 heteroatoms. The molecule has 0 bridgehead atoms. The average Bonchev–Trinajstić information content (AvgIpc) is 2.24. The lowest BCUT2D eigenvalue weighted by Crippen LogP contribution is -2.40. The number of carbonyl (C=O) groups is 3. The summed E-state index contributed by atoms with van der Waals surface area (Å²) in [6.45, 7) is 3.41.